The Morgan fingerprint density at radius 3 is 1.83 bits per heavy atom. The van der Waals surface area contributed by atoms with Gasteiger partial charge in [0.25, 0.3) is 0 Å². The maximum atomic E-state index is 13.1. The van der Waals surface area contributed by atoms with Crippen molar-refractivity contribution in [3.8, 4) is 17.2 Å². The first-order valence-electron chi connectivity index (χ1n) is 11.3. The molecule has 6 nitrogen and oxygen atoms in total. The lowest BCUT2D eigenvalue weighted by Crippen LogP contribution is -2.29. The zero-order valence-corrected chi connectivity index (χ0v) is 20.0. The van der Waals surface area contributed by atoms with Crippen molar-refractivity contribution in [1.82, 2.24) is 0 Å². The number of allylic oxidation sites excluding steroid dienone is 1. The van der Waals surface area contributed by atoms with E-state index in [0.29, 0.717) is 34.2 Å². The molecule has 0 spiro atoms. The maximum Gasteiger partial charge on any atom is 0.424 e. The normalized spacial score (nSPS) is 10.6. The van der Waals surface area contributed by atoms with E-state index in [1.807, 2.05) is 66.7 Å². The molecule has 0 aliphatic carbocycles. The predicted molar refractivity (Wildman–Crippen MR) is 140 cm³/mol. The van der Waals surface area contributed by atoms with E-state index in [2.05, 4.69) is 0 Å². The molecule has 180 valence electrons. The average Bonchev–Trinajstić information content (AvgIpc) is 2.93. The van der Waals surface area contributed by atoms with Gasteiger partial charge in [0.15, 0.2) is 5.78 Å². The third-order valence-electron chi connectivity index (χ3n) is 5.41. The molecule has 4 aromatic rings. The predicted octanol–water partition coefficient (Wildman–Crippen LogP) is 6.94. The van der Waals surface area contributed by atoms with Gasteiger partial charge >= 0.3 is 6.09 Å². The lowest BCUT2D eigenvalue weighted by Gasteiger charge is -2.22. The molecule has 0 fully saturated rings. The first-order chi connectivity index (χ1) is 17.6. The van der Waals surface area contributed by atoms with Gasteiger partial charge in [-0.25, -0.2) is 9.69 Å². The smallest absolute Gasteiger partial charge is 0.424 e. The number of rotatable bonds is 8. The van der Waals surface area contributed by atoms with Crippen LogP contribution in [-0.2, 0) is 0 Å². The summed E-state index contributed by atoms with van der Waals surface area (Å²) in [5.41, 5.74) is 2.57. The number of carbonyl (C=O) groups is 2. The Morgan fingerprint density at radius 2 is 1.28 bits per heavy atom. The maximum absolute atomic E-state index is 13.1. The van der Waals surface area contributed by atoms with Crippen LogP contribution in [0.25, 0.3) is 6.08 Å². The highest BCUT2D eigenvalue weighted by Crippen LogP contribution is 2.28. The van der Waals surface area contributed by atoms with Crippen LogP contribution >= 0.6 is 0 Å². The summed E-state index contributed by atoms with van der Waals surface area (Å²) in [5, 5.41) is 0. The van der Waals surface area contributed by atoms with E-state index in [0.717, 1.165) is 5.56 Å². The van der Waals surface area contributed by atoms with Crippen LogP contribution in [0, 0.1) is 0 Å². The van der Waals surface area contributed by atoms with E-state index in [1.165, 1.54) is 11.0 Å². The van der Waals surface area contributed by atoms with Crippen LogP contribution < -0.4 is 19.1 Å². The molecule has 6 heteroatoms. The number of methoxy groups -OCH3 is 2. The summed E-state index contributed by atoms with van der Waals surface area (Å²) in [6.45, 7) is 0. The minimum atomic E-state index is -0.557. The van der Waals surface area contributed by atoms with Gasteiger partial charge in [-0.05, 0) is 72.8 Å². The van der Waals surface area contributed by atoms with Crippen LogP contribution in [0.2, 0.25) is 0 Å². The molecule has 0 bridgehead atoms. The zero-order chi connectivity index (χ0) is 25.3. The Hall–Kier alpha value is -4.84. The molecule has 4 rings (SSSR count). The van der Waals surface area contributed by atoms with Gasteiger partial charge in [-0.15, -0.1) is 0 Å². The van der Waals surface area contributed by atoms with Gasteiger partial charge in [-0.3, -0.25) is 4.79 Å². The third kappa shape index (κ3) is 5.80. The van der Waals surface area contributed by atoms with Gasteiger partial charge in [0, 0.05) is 17.2 Å². The van der Waals surface area contributed by atoms with Crippen molar-refractivity contribution in [1.29, 1.82) is 0 Å². The van der Waals surface area contributed by atoms with E-state index >= 15 is 0 Å². The topological polar surface area (TPSA) is 65.1 Å². The van der Waals surface area contributed by atoms with E-state index in [4.69, 9.17) is 14.2 Å². The Labute approximate surface area is 210 Å². The second kappa shape index (κ2) is 11.5. The van der Waals surface area contributed by atoms with E-state index in [-0.39, 0.29) is 5.78 Å². The molecular formula is C30H25NO5. The molecule has 1 amide bonds. The minimum Gasteiger partial charge on any atom is -0.497 e. The van der Waals surface area contributed by atoms with Gasteiger partial charge in [0.1, 0.15) is 17.2 Å². The van der Waals surface area contributed by atoms with Crippen LogP contribution in [-0.4, -0.2) is 26.1 Å². The lowest BCUT2D eigenvalue weighted by molar-refractivity contribution is 0.104. The average molecular weight is 480 g/mol. The highest BCUT2D eigenvalue weighted by molar-refractivity contribution is 6.07. The fourth-order valence-electron chi connectivity index (χ4n) is 3.57. The number of ketones is 1. The monoisotopic (exact) mass is 479 g/mol. The van der Waals surface area contributed by atoms with E-state index < -0.39 is 6.09 Å². The number of amides is 1. The standard InChI is InChI=1S/C30H25NO5/c1-34-27-19-15-23(29(21-27)35-2)16-20-28(32)22-13-17-26(18-14-22)36-30(33)31(24-9-5-3-6-10-24)25-11-7-4-8-12-25/h3-21H,1-2H3/b20-16+. The second-order valence-corrected chi connectivity index (χ2v) is 7.70. The molecule has 0 N–H and O–H groups in total. The number of anilines is 2. The molecule has 36 heavy (non-hydrogen) atoms. The largest absolute Gasteiger partial charge is 0.497 e. The molecule has 0 atom stereocenters. The van der Waals surface area contributed by atoms with Gasteiger partial charge in [-0.1, -0.05) is 36.4 Å². The molecular weight excluding hydrogens is 454 g/mol. The van der Waals surface area contributed by atoms with Crippen molar-refractivity contribution in [2.75, 3.05) is 19.1 Å². The van der Waals surface area contributed by atoms with E-state index in [9.17, 15) is 9.59 Å². The minimum absolute atomic E-state index is 0.194. The Bertz CT molecular complexity index is 1310. The molecule has 0 aliphatic heterocycles. The van der Waals surface area contributed by atoms with E-state index in [1.54, 1.807) is 56.7 Å². The second-order valence-electron chi connectivity index (χ2n) is 7.70. The van der Waals surface area contributed by atoms with Crippen molar-refractivity contribution in [3.63, 3.8) is 0 Å². The summed E-state index contributed by atoms with van der Waals surface area (Å²) in [5.74, 6) is 1.40. The van der Waals surface area contributed by atoms with Crippen molar-refractivity contribution < 1.29 is 23.8 Å². The molecule has 4 aromatic carbocycles. The fraction of sp³-hybridized carbons (Fsp3) is 0.0667. The van der Waals surface area contributed by atoms with Gasteiger partial charge in [0.2, 0.25) is 0 Å². The zero-order valence-electron chi connectivity index (χ0n) is 20.0. The van der Waals surface area contributed by atoms with Crippen molar-refractivity contribution in [2.45, 2.75) is 0 Å². The van der Waals surface area contributed by atoms with Crippen LogP contribution in [0.4, 0.5) is 16.2 Å². The summed E-state index contributed by atoms with van der Waals surface area (Å²) >= 11 is 0. The SMILES string of the molecule is COc1ccc(/C=C/C(=O)c2ccc(OC(=O)N(c3ccccc3)c3ccccc3)cc2)c(OC)c1. The van der Waals surface area contributed by atoms with Gasteiger partial charge < -0.3 is 14.2 Å². The van der Waals surface area contributed by atoms with Crippen LogP contribution in [0.3, 0.4) is 0 Å². The molecule has 0 heterocycles. The molecule has 0 aliphatic rings. The third-order valence-corrected chi connectivity index (χ3v) is 5.41. The fourth-order valence-corrected chi connectivity index (χ4v) is 3.57. The summed E-state index contributed by atoms with van der Waals surface area (Å²) in [4.78, 5) is 27.3. The Morgan fingerprint density at radius 1 is 0.694 bits per heavy atom. The van der Waals surface area contributed by atoms with Gasteiger partial charge in [-0.2, -0.15) is 0 Å². The number of para-hydroxylation sites is 2. The highest BCUT2D eigenvalue weighted by Gasteiger charge is 2.20. The molecule has 0 saturated carbocycles. The number of nitrogens with zero attached hydrogens (tertiary/aromatic N) is 1. The van der Waals surface area contributed by atoms with Crippen LogP contribution in [0.5, 0.6) is 17.2 Å². The van der Waals surface area contributed by atoms with Crippen molar-refractivity contribution in [3.05, 3.63) is 120 Å². The number of hydrogen-bond acceptors (Lipinski definition) is 5. The summed E-state index contributed by atoms with van der Waals surface area (Å²) in [6.07, 6.45) is 2.60. The summed E-state index contributed by atoms with van der Waals surface area (Å²) < 4.78 is 16.2. The van der Waals surface area contributed by atoms with Crippen molar-refractivity contribution in [2.24, 2.45) is 0 Å². The highest BCUT2D eigenvalue weighted by atomic mass is 16.6. The lowest BCUT2D eigenvalue weighted by atomic mass is 10.1. The number of carbonyl (C=O) groups excluding carboxylic acids is 2. The van der Waals surface area contributed by atoms with Gasteiger partial charge in [0.05, 0.1) is 25.6 Å². The molecule has 0 radical (unpaired) electrons. The number of hydrogen-bond donors (Lipinski definition) is 0. The Balaban J connectivity index is 1.48. The van der Waals surface area contributed by atoms with Crippen molar-refractivity contribution >= 4 is 29.3 Å². The van der Waals surface area contributed by atoms with Crippen LogP contribution in [0.1, 0.15) is 15.9 Å². The number of ether oxygens (including phenoxy) is 3. The summed E-state index contributed by atoms with van der Waals surface area (Å²) in [6, 6.07) is 30.3. The molecule has 0 unspecified atom stereocenters. The first kappa shape index (κ1) is 24.3. The summed E-state index contributed by atoms with van der Waals surface area (Å²) in [7, 11) is 3.14. The molecule has 0 aromatic heterocycles. The number of benzene rings is 4. The quantitative estimate of drug-likeness (QED) is 0.202. The Kier molecular flexibility index (Phi) is 7.78. The molecule has 0 saturated heterocycles. The van der Waals surface area contributed by atoms with Crippen LogP contribution in [0.15, 0.2) is 109 Å². The first-order valence-corrected chi connectivity index (χ1v) is 11.3.